The van der Waals surface area contributed by atoms with E-state index in [2.05, 4.69) is 26.1 Å². The molecule has 6 heteroatoms. The van der Waals surface area contributed by atoms with Crippen LogP contribution in [-0.4, -0.2) is 27.1 Å². The van der Waals surface area contributed by atoms with E-state index in [1.807, 2.05) is 44.2 Å². The highest BCUT2D eigenvalue weighted by molar-refractivity contribution is 7.92. The lowest BCUT2D eigenvalue weighted by Gasteiger charge is -2.24. The first kappa shape index (κ1) is 21.0. The molecule has 0 spiro atoms. The third kappa shape index (κ3) is 5.32. The Hall–Kier alpha value is -2.34. The van der Waals surface area contributed by atoms with Gasteiger partial charge in [0.1, 0.15) is 6.54 Å². The number of carbonyl (C=O) groups is 1. The summed E-state index contributed by atoms with van der Waals surface area (Å²) in [6, 6.07) is 13.0. The fourth-order valence-electron chi connectivity index (χ4n) is 2.77. The Balaban J connectivity index is 2.21. The summed E-state index contributed by atoms with van der Waals surface area (Å²) >= 11 is 0. The van der Waals surface area contributed by atoms with E-state index in [-0.39, 0.29) is 17.9 Å². The van der Waals surface area contributed by atoms with Crippen LogP contribution < -0.4 is 9.62 Å². The van der Waals surface area contributed by atoms with Crippen molar-refractivity contribution < 1.29 is 13.2 Å². The number of hydrogen-bond acceptors (Lipinski definition) is 3. The molecule has 0 aliphatic heterocycles. The zero-order valence-corrected chi connectivity index (χ0v) is 17.6. The number of nitrogens with zero attached hydrogens (tertiary/aromatic N) is 1. The molecule has 5 nitrogen and oxygen atoms in total. The molecule has 146 valence electrons. The summed E-state index contributed by atoms with van der Waals surface area (Å²) < 4.78 is 25.7. The summed E-state index contributed by atoms with van der Waals surface area (Å²) in [7, 11) is -3.60. The molecule has 1 N–H and O–H groups in total. The van der Waals surface area contributed by atoms with Gasteiger partial charge in [0.25, 0.3) is 0 Å². The first-order valence-corrected chi connectivity index (χ1v) is 10.7. The van der Waals surface area contributed by atoms with Gasteiger partial charge in [0.15, 0.2) is 0 Å². The summed E-state index contributed by atoms with van der Waals surface area (Å²) in [5, 5.41) is 2.78. The second-order valence-corrected chi connectivity index (χ2v) is 9.77. The van der Waals surface area contributed by atoms with E-state index in [4.69, 9.17) is 0 Å². The Kier molecular flexibility index (Phi) is 6.00. The van der Waals surface area contributed by atoms with Gasteiger partial charge in [-0.3, -0.25) is 9.10 Å². The van der Waals surface area contributed by atoms with Crippen molar-refractivity contribution in [2.24, 2.45) is 0 Å². The molecule has 0 fully saturated rings. The first-order chi connectivity index (χ1) is 12.4. The highest BCUT2D eigenvalue weighted by atomic mass is 32.2. The standard InChI is InChI=1S/C21H28N2O3S/c1-15-8-7-9-19(16(15)2)23(27(6,25)26)14-20(24)22-18-12-10-17(11-13-18)21(3,4)5/h7-13H,14H2,1-6H3,(H,22,24). The van der Waals surface area contributed by atoms with Gasteiger partial charge in [-0.05, 0) is 54.2 Å². The minimum atomic E-state index is -3.60. The van der Waals surface area contributed by atoms with E-state index >= 15 is 0 Å². The molecule has 0 aromatic heterocycles. The molecule has 2 rings (SSSR count). The summed E-state index contributed by atoms with van der Waals surface area (Å²) in [6.45, 7) is 9.85. The van der Waals surface area contributed by atoms with E-state index < -0.39 is 10.0 Å². The summed E-state index contributed by atoms with van der Waals surface area (Å²) in [4.78, 5) is 12.5. The average molecular weight is 389 g/mol. The minimum absolute atomic E-state index is 0.0261. The van der Waals surface area contributed by atoms with Gasteiger partial charge >= 0.3 is 0 Å². The van der Waals surface area contributed by atoms with Crippen LogP contribution in [-0.2, 0) is 20.2 Å². The number of anilines is 2. The molecule has 2 aromatic rings. The molecule has 0 saturated heterocycles. The molecule has 0 aliphatic carbocycles. The van der Waals surface area contributed by atoms with Crippen molar-refractivity contribution in [1.29, 1.82) is 0 Å². The maximum atomic E-state index is 12.5. The second kappa shape index (κ2) is 7.72. The van der Waals surface area contributed by atoms with Crippen LogP contribution in [0.1, 0.15) is 37.5 Å². The molecule has 0 aliphatic rings. The predicted octanol–water partition coefficient (Wildman–Crippen LogP) is 4.01. The Morgan fingerprint density at radius 2 is 1.63 bits per heavy atom. The first-order valence-electron chi connectivity index (χ1n) is 8.84. The van der Waals surface area contributed by atoms with E-state index in [1.165, 1.54) is 0 Å². The van der Waals surface area contributed by atoms with Crippen molar-refractivity contribution >= 4 is 27.3 Å². The van der Waals surface area contributed by atoms with Crippen LogP contribution in [0.2, 0.25) is 0 Å². The van der Waals surface area contributed by atoms with Gasteiger partial charge in [-0.15, -0.1) is 0 Å². The van der Waals surface area contributed by atoms with Crippen LogP contribution in [0.3, 0.4) is 0 Å². The van der Waals surface area contributed by atoms with Crippen LogP contribution in [0, 0.1) is 13.8 Å². The molecule has 0 bridgehead atoms. The molecule has 2 aromatic carbocycles. The lowest BCUT2D eigenvalue weighted by Crippen LogP contribution is -2.38. The van der Waals surface area contributed by atoms with Gasteiger partial charge in [-0.1, -0.05) is 45.0 Å². The Morgan fingerprint density at radius 1 is 1.04 bits per heavy atom. The largest absolute Gasteiger partial charge is 0.325 e. The average Bonchev–Trinajstić information content (AvgIpc) is 2.54. The maximum absolute atomic E-state index is 12.5. The topological polar surface area (TPSA) is 66.5 Å². The molecule has 0 atom stereocenters. The monoisotopic (exact) mass is 388 g/mol. The quantitative estimate of drug-likeness (QED) is 0.842. The number of rotatable bonds is 5. The SMILES string of the molecule is Cc1cccc(N(CC(=O)Nc2ccc(C(C)(C)C)cc2)S(C)(=O)=O)c1C. The van der Waals surface area contributed by atoms with Crippen LogP contribution in [0.25, 0.3) is 0 Å². The summed E-state index contributed by atoms with van der Waals surface area (Å²) in [5.41, 5.74) is 4.16. The number of amides is 1. The molecule has 0 unspecified atom stereocenters. The number of hydrogen-bond donors (Lipinski definition) is 1. The predicted molar refractivity (Wildman–Crippen MR) is 112 cm³/mol. The summed E-state index contributed by atoms with van der Waals surface area (Å²) in [6.07, 6.45) is 1.11. The van der Waals surface area contributed by atoms with E-state index in [9.17, 15) is 13.2 Å². The van der Waals surface area contributed by atoms with Crippen molar-refractivity contribution in [1.82, 2.24) is 0 Å². The van der Waals surface area contributed by atoms with Gasteiger partial charge in [0, 0.05) is 5.69 Å². The van der Waals surface area contributed by atoms with Crippen LogP contribution in [0.4, 0.5) is 11.4 Å². The van der Waals surface area contributed by atoms with Gasteiger partial charge in [-0.2, -0.15) is 0 Å². The number of carbonyl (C=O) groups excluding carboxylic acids is 1. The van der Waals surface area contributed by atoms with Gasteiger partial charge in [-0.25, -0.2) is 8.42 Å². The smallest absolute Gasteiger partial charge is 0.245 e. The highest BCUT2D eigenvalue weighted by Gasteiger charge is 2.23. The molecule has 0 saturated carbocycles. The van der Waals surface area contributed by atoms with Crippen LogP contribution in [0.5, 0.6) is 0 Å². The lowest BCUT2D eigenvalue weighted by atomic mass is 9.87. The number of nitrogens with one attached hydrogen (secondary N) is 1. The van der Waals surface area contributed by atoms with Crippen molar-refractivity contribution in [2.45, 2.75) is 40.0 Å². The third-order valence-electron chi connectivity index (χ3n) is 4.57. The van der Waals surface area contributed by atoms with E-state index in [0.717, 1.165) is 27.3 Å². The van der Waals surface area contributed by atoms with Crippen LogP contribution in [0.15, 0.2) is 42.5 Å². The normalized spacial score (nSPS) is 11.9. The zero-order chi connectivity index (χ0) is 20.4. The molecular formula is C21H28N2O3S. The zero-order valence-electron chi connectivity index (χ0n) is 16.8. The van der Waals surface area contributed by atoms with Crippen molar-refractivity contribution in [2.75, 3.05) is 22.4 Å². The van der Waals surface area contributed by atoms with Gasteiger partial charge < -0.3 is 5.32 Å². The van der Waals surface area contributed by atoms with Crippen molar-refractivity contribution in [3.63, 3.8) is 0 Å². The molecule has 27 heavy (non-hydrogen) atoms. The van der Waals surface area contributed by atoms with E-state index in [0.29, 0.717) is 11.4 Å². The third-order valence-corrected chi connectivity index (χ3v) is 5.69. The lowest BCUT2D eigenvalue weighted by molar-refractivity contribution is -0.114. The van der Waals surface area contributed by atoms with Gasteiger partial charge in [0.2, 0.25) is 15.9 Å². The minimum Gasteiger partial charge on any atom is -0.325 e. The number of benzene rings is 2. The Labute approximate surface area is 162 Å². The van der Waals surface area contributed by atoms with Crippen molar-refractivity contribution in [3.8, 4) is 0 Å². The maximum Gasteiger partial charge on any atom is 0.245 e. The summed E-state index contributed by atoms with van der Waals surface area (Å²) in [5.74, 6) is -0.384. The molecule has 1 amide bonds. The molecular weight excluding hydrogens is 360 g/mol. The molecule has 0 heterocycles. The number of aryl methyl sites for hydroxylation is 1. The van der Waals surface area contributed by atoms with E-state index in [1.54, 1.807) is 12.1 Å². The van der Waals surface area contributed by atoms with Crippen molar-refractivity contribution in [3.05, 3.63) is 59.2 Å². The Morgan fingerprint density at radius 3 is 2.15 bits per heavy atom. The second-order valence-electron chi connectivity index (χ2n) is 7.86. The molecule has 0 radical (unpaired) electrons. The fourth-order valence-corrected chi connectivity index (χ4v) is 3.68. The van der Waals surface area contributed by atoms with Gasteiger partial charge in [0.05, 0.1) is 11.9 Å². The van der Waals surface area contributed by atoms with Crippen LogP contribution >= 0.6 is 0 Å². The Bertz CT molecular complexity index is 927. The fraction of sp³-hybridized carbons (Fsp3) is 0.381. The number of sulfonamides is 1. The highest BCUT2D eigenvalue weighted by Crippen LogP contribution is 2.26.